The molecular weight excluding hydrogens is 231 g/mol. The molecule has 0 spiro atoms. The number of aromatic nitrogens is 1. The second-order valence-electron chi connectivity index (χ2n) is 4.12. The van der Waals surface area contributed by atoms with E-state index < -0.39 is 0 Å². The average molecular weight is 246 g/mol. The monoisotopic (exact) mass is 246 g/mol. The molecule has 2 N–H and O–H groups in total. The number of nitrogens with zero attached hydrogens (tertiary/aromatic N) is 1. The number of benzene rings is 1. The maximum atomic E-state index is 13.2. The van der Waals surface area contributed by atoms with E-state index >= 15 is 0 Å². The second kappa shape index (κ2) is 5.60. The van der Waals surface area contributed by atoms with Crippen LogP contribution in [0.4, 0.5) is 4.39 Å². The lowest BCUT2D eigenvalue weighted by atomic mass is 10.1. The third-order valence-electron chi connectivity index (χ3n) is 2.58. The normalized spacial score (nSPS) is 12.2. The summed E-state index contributed by atoms with van der Waals surface area (Å²) in [5, 5.41) is 0. The summed E-state index contributed by atoms with van der Waals surface area (Å²) in [6, 6.07) is 7.92. The van der Waals surface area contributed by atoms with Crippen molar-refractivity contribution < 1.29 is 9.13 Å². The van der Waals surface area contributed by atoms with E-state index in [-0.39, 0.29) is 11.9 Å². The third kappa shape index (κ3) is 3.05. The van der Waals surface area contributed by atoms with Crippen LogP contribution in [0, 0.1) is 5.82 Å². The van der Waals surface area contributed by atoms with Crippen LogP contribution in [0.2, 0.25) is 0 Å². The Balaban J connectivity index is 2.15. The zero-order valence-corrected chi connectivity index (χ0v) is 10.1. The van der Waals surface area contributed by atoms with Gasteiger partial charge in [-0.05, 0) is 19.1 Å². The quantitative estimate of drug-likeness (QED) is 0.902. The SMILES string of the molecule is CC(N)c1ccc(F)cc1OCc1cccnc1. The lowest BCUT2D eigenvalue weighted by Gasteiger charge is -2.14. The smallest absolute Gasteiger partial charge is 0.127 e. The highest BCUT2D eigenvalue weighted by molar-refractivity contribution is 5.36. The minimum Gasteiger partial charge on any atom is -0.488 e. The Labute approximate surface area is 105 Å². The van der Waals surface area contributed by atoms with Crippen LogP contribution in [0.3, 0.4) is 0 Å². The van der Waals surface area contributed by atoms with Gasteiger partial charge in [0, 0.05) is 35.6 Å². The molecule has 1 heterocycles. The van der Waals surface area contributed by atoms with Crippen LogP contribution in [0.1, 0.15) is 24.1 Å². The van der Waals surface area contributed by atoms with E-state index in [9.17, 15) is 4.39 Å². The van der Waals surface area contributed by atoms with Gasteiger partial charge in [-0.25, -0.2) is 4.39 Å². The summed E-state index contributed by atoms with van der Waals surface area (Å²) in [5.41, 5.74) is 7.54. The highest BCUT2D eigenvalue weighted by Gasteiger charge is 2.09. The van der Waals surface area contributed by atoms with Crippen LogP contribution in [0.5, 0.6) is 5.75 Å². The van der Waals surface area contributed by atoms with Gasteiger partial charge in [0.05, 0.1) is 0 Å². The summed E-state index contributed by atoms with van der Waals surface area (Å²) >= 11 is 0. The first-order valence-corrected chi connectivity index (χ1v) is 5.73. The van der Waals surface area contributed by atoms with E-state index in [0.29, 0.717) is 12.4 Å². The first-order chi connectivity index (χ1) is 8.66. The molecule has 0 saturated heterocycles. The molecule has 2 rings (SSSR count). The lowest BCUT2D eigenvalue weighted by molar-refractivity contribution is 0.299. The fourth-order valence-electron chi connectivity index (χ4n) is 1.65. The molecule has 18 heavy (non-hydrogen) atoms. The van der Waals surface area contributed by atoms with Crippen LogP contribution >= 0.6 is 0 Å². The van der Waals surface area contributed by atoms with Crippen molar-refractivity contribution in [1.82, 2.24) is 4.98 Å². The fraction of sp³-hybridized carbons (Fsp3) is 0.214. The van der Waals surface area contributed by atoms with E-state index in [0.717, 1.165) is 11.1 Å². The van der Waals surface area contributed by atoms with Gasteiger partial charge in [0.15, 0.2) is 0 Å². The largest absolute Gasteiger partial charge is 0.488 e. The summed E-state index contributed by atoms with van der Waals surface area (Å²) in [6.07, 6.45) is 3.41. The van der Waals surface area contributed by atoms with Crippen LogP contribution in [-0.4, -0.2) is 4.98 Å². The van der Waals surface area contributed by atoms with Gasteiger partial charge in [-0.3, -0.25) is 4.98 Å². The Kier molecular flexibility index (Phi) is 3.89. The molecule has 1 aromatic carbocycles. The molecule has 1 aromatic heterocycles. The van der Waals surface area contributed by atoms with E-state index in [1.54, 1.807) is 18.5 Å². The number of hydrogen-bond donors (Lipinski definition) is 1. The van der Waals surface area contributed by atoms with Gasteiger partial charge in [-0.1, -0.05) is 12.1 Å². The Morgan fingerprint density at radius 3 is 2.89 bits per heavy atom. The zero-order valence-electron chi connectivity index (χ0n) is 10.1. The Hall–Kier alpha value is -1.94. The number of halogens is 1. The first kappa shape index (κ1) is 12.5. The van der Waals surface area contributed by atoms with E-state index in [1.165, 1.54) is 12.1 Å². The highest BCUT2D eigenvalue weighted by Crippen LogP contribution is 2.25. The van der Waals surface area contributed by atoms with Crippen molar-refractivity contribution >= 4 is 0 Å². The van der Waals surface area contributed by atoms with Gasteiger partial charge in [-0.2, -0.15) is 0 Å². The molecule has 4 heteroatoms. The van der Waals surface area contributed by atoms with Crippen molar-refractivity contribution in [1.29, 1.82) is 0 Å². The summed E-state index contributed by atoms with van der Waals surface area (Å²) < 4.78 is 18.8. The molecule has 0 aliphatic carbocycles. The van der Waals surface area contributed by atoms with Crippen molar-refractivity contribution in [2.24, 2.45) is 5.73 Å². The summed E-state index contributed by atoms with van der Waals surface area (Å²) in [5.74, 6) is 0.148. The van der Waals surface area contributed by atoms with Crippen molar-refractivity contribution in [2.45, 2.75) is 19.6 Å². The molecule has 0 fully saturated rings. The van der Waals surface area contributed by atoms with Crippen LogP contribution in [-0.2, 0) is 6.61 Å². The second-order valence-corrected chi connectivity index (χ2v) is 4.12. The lowest BCUT2D eigenvalue weighted by Crippen LogP contribution is -2.08. The molecule has 0 radical (unpaired) electrons. The predicted octanol–water partition coefficient (Wildman–Crippen LogP) is 2.82. The van der Waals surface area contributed by atoms with Gasteiger partial charge >= 0.3 is 0 Å². The highest BCUT2D eigenvalue weighted by atomic mass is 19.1. The molecular formula is C14H15FN2O. The molecule has 1 unspecified atom stereocenters. The standard InChI is InChI=1S/C14H15FN2O/c1-10(16)13-5-4-12(15)7-14(13)18-9-11-3-2-6-17-8-11/h2-8,10H,9,16H2,1H3. The molecule has 0 aliphatic rings. The maximum Gasteiger partial charge on any atom is 0.127 e. The van der Waals surface area contributed by atoms with E-state index in [4.69, 9.17) is 10.5 Å². The van der Waals surface area contributed by atoms with Gasteiger partial charge < -0.3 is 10.5 Å². The minimum atomic E-state index is -0.333. The molecule has 0 aliphatic heterocycles. The molecule has 2 aromatic rings. The fourth-order valence-corrected chi connectivity index (χ4v) is 1.65. The van der Waals surface area contributed by atoms with Gasteiger partial charge in [0.1, 0.15) is 18.2 Å². The predicted molar refractivity (Wildman–Crippen MR) is 67.6 cm³/mol. The molecule has 0 amide bonds. The number of hydrogen-bond acceptors (Lipinski definition) is 3. The van der Waals surface area contributed by atoms with Crippen molar-refractivity contribution in [3.05, 3.63) is 59.7 Å². The maximum absolute atomic E-state index is 13.2. The molecule has 3 nitrogen and oxygen atoms in total. The zero-order chi connectivity index (χ0) is 13.0. The van der Waals surface area contributed by atoms with Crippen LogP contribution < -0.4 is 10.5 Å². The average Bonchev–Trinajstić information content (AvgIpc) is 2.37. The van der Waals surface area contributed by atoms with Crippen LogP contribution in [0.15, 0.2) is 42.7 Å². The molecule has 94 valence electrons. The summed E-state index contributed by atoms with van der Waals surface area (Å²) in [7, 11) is 0. The first-order valence-electron chi connectivity index (χ1n) is 5.73. The molecule has 0 bridgehead atoms. The molecule has 0 saturated carbocycles. The number of rotatable bonds is 4. The van der Waals surface area contributed by atoms with Crippen LogP contribution in [0.25, 0.3) is 0 Å². The third-order valence-corrected chi connectivity index (χ3v) is 2.58. The van der Waals surface area contributed by atoms with Gasteiger partial charge in [-0.15, -0.1) is 0 Å². The van der Waals surface area contributed by atoms with Crippen molar-refractivity contribution in [3.63, 3.8) is 0 Å². The Morgan fingerprint density at radius 1 is 1.39 bits per heavy atom. The summed E-state index contributed by atoms with van der Waals surface area (Å²) in [4.78, 5) is 3.99. The Bertz CT molecular complexity index is 514. The van der Waals surface area contributed by atoms with Crippen molar-refractivity contribution in [2.75, 3.05) is 0 Å². The Morgan fingerprint density at radius 2 is 2.22 bits per heavy atom. The van der Waals surface area contributed by atoms with Crippen molar-refractivity contribution in [3.8, 4) is 5.75 Å². The number of pyridine rings is 1. The van der Waals surface area contributed by atoms with E-state index in [2.05, 4.69) is 4.98 Å². The number of nitrogens with two attached hydrogens (primary N) is 1. The van der Waals surface area contributed by atoms with Gasteiger partial charge in [0.25, 0.3) is 0 Å². The van der Waals surface area contributed by atoms with E-state index in [1.807, 2.05) is 19.1 Å². The topological polar surface area (TPSA) is 48.1 Å². The minimum absolute atomic E-state index is 0.200. The summed E-state index contributed by atoms with van der Waals surface area (Å²) in [6.45, 7) is 2.18. The van der Waals surface area contributed by atoms with Gasteiger partial charge in [0.2, 0.25) is 0 Å². The number of ether oxygens (including phenoxy) is 1. The molecule has 1 atom stereocenters.